The Balaban J connectivity index is 1.93. The maximum absolute atomic E-state index is 13.0. The van der Waals surface area contributed by atoms with Gasteiger partial charge < -0.3 is 14.3 Å². The number of aromatic carboxylic acids is 1. The minimum atomic E-state index is -4.12. The maximum atomic E-state index is 13.0. The van der Waals surface area contributed by atoms with Crippen LogP contribution in [-0.4, -0.2) is 32.6 Å². The van der Waals surface area contributed by atoms with Crippen LogP contribution >= 0.6 is 0 Å². The van der Waals surface area contributed by atoms with Crippen molar-refractivity contribution in [2.75, 3.05) is 11.8 Å². The van der Waals surface area contributed by atoms with Crippen LogP contribution in [0.4, 0.5) is 5.69 Å². The van der Waals surface area contributed by atoms with Crippen LogP contribution in [0.15, 0.2) is 63.9 Å². The van der Waals surface area contributed by atoms with Crippen LogP contribution in [0.25, 0.3) is 21.7 Å². The van der Waals surface area contributed by atoms with Crippen molar-refractivity contribution in [1.29, 1.82) is 0 Å². The quantitative estimate of drug-likeness (QED) is 0.447. The van der Waals surface area contributed by atoms with E-state index in [4.69, 9.17) is 14.3 Å². The molecule has 4 rings (SSSR count). The number of nitrogens with one attached hydrogen (secondary N) is 1. The van der Waals surface area contributed by atoms with E-state index in [0.29, 0.717) is 27.5 Å². The fourth-order valence-corrected chi connectivity index (χ4v) is 4.59. The Morgan fingerprint density at radius 2 is 1.71 bits per heavy atom. The van der Waals surface area contributed by atoms with Crippen molar-refractivity contribution in [3.05, 3.63) is 71.5 Å². The molecule has 1 heterocycles. The largest absolute Gasteiger partial charge is 0.478 e. The second-order valence-electron chi connectivity index (χ2n) is 6.81. The first kappa shape index (κ1) is 20.4. The average molecular weight is 439 g/mol. The summed E-state index contributed by atoms with van der Waals surface area (Å²) in [5.41, 5.74) is 0.706. The highest BCUT2D eigenvalue weighted by Gasteiger charge is 2.24. The molecule has 0 atom stereocenters. The molecule has 9 heteroatoms. The lowest BCUT2D eigenvalue weighted by molar-refractivity contribution is 0.0599. The standard InChI is InChI=1S/C22H17NO7S/c1-12-19(22(26)29-2)17-11-18(15-8-3-4-9-16(15)20(17)30-12)23-31(27,28)14-7-5-6-13(10-14)21(24)25/h3-11,23H,1-2H3,(H,24,25). The molecular formula is C22H17NO7S. The number of carbonyl (C=O) groups is 2. The number of ether oxygens (including phenoxy) is 1. The SMILES string of the molecule is COC(=O)c1c(C)oc2c1cc(NS(=O)(=O)c1cccc(C(=O)O)c1)c1ccccc12. The van der Waals surface area contributed by atoms with Crippen LogP contribution in [0, 0.1) is 6.92 Å². The third-order valence-corrected chi connectivity index (χ3v) is 6.26. The number of carboxylic acid groups (broad SMARTS) is 1. The number of esters is 1. The second kappa shape index (κ2) is 7.44. The number of furan rings is 1. The number of aryl methyl sites for hydroxylation is 1. The Morgan fingerprint density at radius 1 is 1.00 bits per heavy atom. The Bertz CT molecular complexity index is 1470. The monoisotopic (exact) mass is 439 g/mol. The molecule has 3 aromatic carbocycles. The van der Waals surface area contributed by atoms with Gasteiger partial charge in [0.2, 0.25) is 0 Å². The summed E-state index contributed by atoms with van der Waals surface area (Å²) in [4.78, 5) is 23.3. The predicted molar refractivity (Wildman–Crippen MR) is 114 cm³/mol. The zero-order chi connectivity index (χ0) is 22.3. The van der Waals surface area contributed by atoms with Crippen LogP contribution in [0.2, 0.25) is 0 Å². The number of carboxylic acids is 1. The van der Waals surface area contributed by atoms with Gasteiger partial charge in [0.05, 0.1) is 23.3 Å². The molecule has 0 aliphatic heterocycles. The van der Waals surface area contributed by atoms with E-state index in [2.05, 4.69) is 4.72 Å². The van der Waals surface area contributed by atoms with Crippen molar-refractivity contribution < 1.29 is 32.3 Å². The number of sulfonamides is 1. The molecule has 0 unspecified atom stereocenters. The predicted octanol–water partition coefficient (Wildman–Crippen LogP) is 4.18. The maximum Gasteiger partial charge on any atom is 0.342 e. The summed E-state index contributed by atoms with van der Waals surface area (Å²) < 4.78 is 39.2. The molecule has 0 saturated carbocycles. The normalized spacial score (nSPS) is 11.5. The van der Waals surface area contributed by atoms with Crippen LogP contribution in [0.5, 0.6) is 0 Å². The number of anilines is 1. The lowest BCUT2D eigenvalue weighted by Crippen LogP contribution is -2.14. The zero-order valence-corrected chi connectivity index (χ0v) is 17.3. The minimum absolute atomic E-state index is 0.151. The molecule has 0 amide bonds. The molecule has 0 fully saturated rings. The van der Waals surface area contributed by atoms with Crippen LogP contribution < -0.4 is 4.72 Å². The molecule has 1 aromatic heterocycles. The first-order valence-electron chi connectivity index (χ1n) is 9.12. The first-order chi connectivity index (χ1) is 14.7. The Hall–Kier alpha value is -3.85. The van der Waals surface area contributed by atoms with Gasteiger partial charge in [-0.05, 0) is 31.2 Å². The lowest BCUT2D eigenvalue weighted by atomic mass is 10.0. The van der Waals surface area contributed by atoms with Crippen molar-refractivity contribution in [3.63, 3.8) is 0 Å². The summed E-state index contributed by atoms with van der Waals surface area (Å²) in [5.74, 6) is -1.49. The smallest absolute Gasteiger partial charge is 0.342 e. The molecule has 4 aromatic rings. The van der Waals surface area contributed by atoms with Gasteiger partial charge in [-0.3, -0.25) is 4.72 Å². The summed E-state index contributed by atoms with van der Waals surface area (Å²) in [7, 11) is -2.87. The van der Waals surface area contributed by atoms with E-state index in [1.165, 1.54) is 31.4 Å². The first-order valence-corrected chi connectivity index (χ1v) is 10.6. The molecule has 0 aliphatic carbocycles. The molecule has 0 aliphatic rings. The molecule has 0 saturated heterocycles. The molecule has 0 bridgehead atoms. The topological polar surface area (TPSA) is 123 Å². The van der Waals surface area contributed by atoms with Crippen molar-refractivity contribution in [3.8, 4) is 0 Å². The molecule has 31 heavy (non-hydrogen) atoms. The highest BCUT2D eigenvalue weighted by Crippen LogP contribution is 2.37. The van der Waals surface area contributed by atoms with Crippen molar-refractivity contribution in [2.45, 2.75) is 11.8 Å². The summed E-state index contributed by atoms with van der Waals surface area (Å²) in [6.45, 7) is 1.63. The van der Waals surface area contributed by atoms with E-state index in [0.717, 1.165) is 6.07 Å². The number of hydrogen-bond acceptors (Lipinski definition) is 6. The number of hydrogen-bond donors (Lipinski definition) is 2. The van der Waals surface area contributed by atoms with E-state index in [-0.39, 0.29) is 21.7 Å². The van der Waals surface area contributed by atoms with E-state index in [1.54, 1.807) is 31.2 Å². The zero-order valence-electron chi connectivity index (χ0n) is 16.5. The van der Waals surface area contributed by atoms with Gasteiger partial charge in [0.15, 0.2) is 0 Å². The molecule has 0 spiro atoms. The fraction of sp³-hybridized carbons (Fsp3) is 0.0909. The summed E-state index contributed by atoms with van der Waals surface area (Å²) >= 11 is 0. The summed E-state index contributed by atoms with van der Waals surface area (Å²) in [6, 6.07) is 13.5. The lowest BCUT2D eigenvalue weighted by Gasteiger charge is -2.12. The molecule has 0 radical (unpaired) electrons. The second-order valence-corrected chi connectivity index (χ2v) is 8.49. The molecule has 158 valence electrons. The Kier molecular flexibility index (Phi) is 4.90. The average Bonchev–Trinajstić information content (AvgIpc) is 3.09. The number of fused-ring (bicyclic) bond motifs is 3. The van der Waals surface area contributed by atoms with Crippen molar-refractivity contribution in [1.82, 2.24) is 0 Å². The van der Waals surface area contributed by atoms with Gasteiger partial charge in [-0.2, -0.15) is 0 Å². The number of carbonyl (C=O) groups excluding carboxylic acids is 1. The van der Waals surface area contributed by atoms with Crippen molar-refractivity contribution >= 4 is 49.4 Å². The van der Waals surface area contributed by atoms with Gasteiger partial charge in [-0.25, -0.2) is 18.0 Å². The molecular weight excluding hydrogens is 422 g/mol. The fourth-order valence-electron chi connectivity index (χ4n) is 3.48. The minimum Gasteiger partial charge on any atom is -0.478 e. The number of benzene rings is 3. The van der Waals surface area contributed by atoms with Gasteiger partial charge in [0, 0.05) is 16.2 Å². The van der Waals surface area contributed by atoms with E-state index < -0.39 is 22.0 Å². The van der Waals surface area contributed by atoms with Crippen LogP contribution in [-0.2, 0) is 14.8 Å². The van der Waals surface area contributed by atoms with Gasteiger partial charge in [-0.15, -0.1) is 0 Å². The number of methoxy groups -OCH3 is 1. The van der Waals surface area contributed by atoms with Crippen LogP contribution in [0.3, 0.4) is 0 Å². The van der Waals surface area contributed by atoms with E-state index >= 15 is 0 Å². The van der Waals surface area contributed by atoms with Crippen molar-refractivity contribution in [2.24, 2.45) is 0 Å². The van der Waals surface area contributed by atoms with Gasteiger partial charge >= 0.3 is 11.9 Å². The highest BCUT2D eigenvalue weighted by molar-refractivity contribution is 7.92. The molecule has 2 N–H and O–H groups in total. The van der Waals surface area contributed by atoms with E-state index in [9.17, 15) is 18.0 Å². The Labute approximate surface area is 177 Å². The summed E-state index contributed by atoms with van der Waals surface area (Å²) in [5, 5.41) is 10.7. The van der Waals surface area contributed by atoms with Crippen LogP contribution in [0.1, 0.15) is 26.5 Å². The summed E-state index contributed by atoms with van der Waals surface area (Å²) in [6.07, 6.45) is 0. The Morgan fingerprint density at radius 3 is 2.39 bits per heavy atom. The third kappa shape index (κ3) is 3.49. The van der Waals surface area contributed by atoms with Gasteiger partial charge in [0.25, 0.3) is 10.0 Å². The van der Waals surface area contributed by atoms with E-state index in [1.807, 2.05) is 0 Å². The molecule has 8 nitrogen and oxygen atoms in total. The van der Waals surface area contributed by atoms with Gasteiger partial charge in [0.1, 0.15) is 16.9 Å². The highest BCUT2D eigenvalue weighted by atomic mass is 32.2. The third-order valence-electron chi connectivity index (χ3n) is 4.90. The number of rotatable bonds is 5. The van der Waals surface area contributed by atoms with Gasteiger partial charge in [-0.1, -0.05) is 30.3 Å².